The van der Waals surface area contributed by atoms with E-state index in [1.54, 1.807) is 0 Å². The maximum absolute atomic E-state index is 12.2. The average Bonchev–Trinajstić information content (AvgIpc) is 2.64. The summed E-state index contributed by atoms with van der Waals surface area (Å²) in [5.74, 6) is -0.475. The Bertz CT molecular complexity index is 660. The fraction of sp³-hybridized carbons (Fsp3) is 0.579. The molecule has 0 aliphatic carbocycles. The molecule has 0 saturated carbocycles. The summed E-state index contributed by atoms with van der Waals surface area (Å²) in [5, 5.41) is 5.60. The minimum absolute atomic E-state index is 0.0626. The smallest absolute Gasteiger partial charge is 0.406 e. The molecule has 1 fully saturated rings. The third-order valence-electron chi connectivity index (χ3n) is 4.71. The second-order valence-electron chi connectivity index (χ2n) is 7.18. The number of unbranched alkanes of at least 4 members (excludes halogenated alkanes) is 1. The molecule has 2 amide bonds. The first-order valence-corrected chi connectivity index (χ1v) is 9.84. The summed E-state index contributed by atoms with van der Waals surface area (Å²) in [4.78, 5) is 26.4. The summed E-state index contributed by atoms with van der Waals surface area (Å²) in [6.45, 7) is 6.70. The van der Waals surface area contributed by atoms with Crippen LogP contribution in [0.25, 0.3) is 0 Å². The molecule has 1 aromatic rings. The van der Waals surface area contributed by atoms with Crippen molar-refractivity contribution < 1.29 is 37.3 Å². The molecule has 7 nitrogen and oxygen atoms in total. The lowest BCUT2D eigenvalue weighted by atomic mass is 10.2. The Morgan fingerprint density at radius 1 is 1.00 bits per heavy atom. The van der Waals surface area contributed by atoms with Crippen LogP contribution < -0.4 is 25.2 Å². The van der Waals surface area contributed by atoms with Crippen LogP contribution in [0.1, 0.15) is 19.8 Å². The predicted octanol–water partition coefficient (Wildman–Crippen LogP) is -0.777. The number of hydrogen-bond donors (Lipinski definition) is 4. The summed E-state index contributed by atoms with van der Waals surface area (Å²) in [7, 11) is 0. The number of benzene rings is 1. The van der Waals surface area contributed by atoms with Crippen LogP contribution in [0.15, 0.2) is 24.3 Å². The second-order valence-corrected chi connectivity index (χ2v) is 7.18. The third-order valence-corrected chi connectivity index (χ3v) is 4.71. The Morgan fingerprint density at radius 2 is 1.55 bits per heavy atom. The minimum atomic E-state index is -4.74. The highest BCUT2D eigenvalue weighted by molar-refractivity contribution is 5.91. The summed E-state index contributed by atoms with van der Waals surface area (Å²) < 4.78 is 40.3. The standard InChI is InChI=1S/C19H27F3N4O3/c1-2-3-8-23-17(27)13-25-9-11-26(12-10-25)14-18(28)24-15-4-6-16(7-5-15)29-19(20,21)22/h4-7H,2-3,8-14H2,1H3,(H,23,27)(H,24,28)/p+2. The van der Waals surface area contributed by atoms with Crippen molar-refractivity contribution in [3.8, 4) is 5.75 Å². The Kier molecular flexibility index (Phi) is 8.71. The number of carbonyl (C=O) groups excluding carboxylic acids is 2. The van der Waals surface area contributed by atoms with Crippen molar-refractivity contribution in [2.75, 3.05) is 51.1 Å². The van der Waals surface area contributed by atoms with Crippen molar-refractivity contribution in [2.45, 2.75) is 26.1 Å². The number of anilines is 1. The van der Waals surface area contributed by atoms with E-state index in [1.165, 1.54) is 17.0 Å². The Balaban J connectivity index is 1.68. The lowest BCUT2D eigenvalue weighted by molar-refractivity contribution is -1.00. The number of alkyl halides is 3. The summed E-state index contributed by atoms with van der Waals surface area (Å²) in [6.07, 6.45) is -2.72. The maximum Gasteiger partial charge on any atom is 0.573 e. The third kappa shape index (κ3) is 9.14. The molecular weight excluding hydrogens is 389 g/mol. The monoisotopic (exact) mass is 418 g/mol. The van der Waals surface area contributed by atoms with E-state index in [2.05, 4.69) is 22.3 Å². The number of rotatable bonds is 9. The van der Waals surface area contributed by atoms with Crippen molar-refractivity contribution in [3.05, 3.63) is 24.3 Å². The zero-order valence-corrected chi connectivity index (χ0v) is 16.5. The zero-order valence-electron chi connectivity index (χ0n) is 16.5. The van der Waals surface area contributed by atoms with Crippen molar-refractivity contribution >= 4 is 17.5 Å². The molecule has 0 radical (unpaired) electrons. The van der Waals surface area contributed by atoms with Gasteiger partial charge in [0.15, 0.2) is 13.1 Å². The second kappa shape index (κ2) is 11.0. The Labute approximate surface area is 168 Å². The van der Waals surface area contributed by atoms with Crippen LogP contribution in [-0.2, 0) is 9.59 Å². The van der Waals surface area contributed by atoms with E-state index in [4.69, 9.17) is 0 Å². The molecule has 10 heteroatoms. The highest BCUT2D eigenvalue weighted by Crippen LogP contribution is 2.23. The highest BCUT2D eigenvalue weighted by atomic mass is 19.4. The van der Waals surface area contributed by atoms with Gasteiger partial charge in [-0.2, -0.15) is 0 Å². The van der Waals surface area contributed by atoms with Crippen LogP contribution in [0.2, 0.25) is 0 Å². The van der Waals surface area contributed by atoms with Gasteiger partial charge < -0.3 is 25.2 Å². The molecule has 1 aliphatic rings. The van der Waals surface area contributed by atoms with Crippen molar-refractivity contribution in [2.24, 2.45) is 0 Å². The number of carbonyl (C=O) groups is 2. The van der Waals surface area contributed by atoms with Crippen molar-refractivity contribution in [3.63, 3.8) is 0 Å². The van der Waals surface area contributed by atoms with E-state index in [-0.39, 0.29) is 24.1 Å². The first kappa shape index (κ1) is 23.0. The first-order chi connectivity index (χ1) is 13.7. The quantitative estimate of drug-likeness (QED) is 0.398. The fourth-order valence-electron chi connectivity index (χ4n) is 3.18. The van der Waals surface area contributed by atoms with E-state index in [0.29, 0.717) is 18.8 Å². The van der Waals surface area contributed by atoms with Crippen LogP contribution in [-0.4, -0.2) is 64.0 Å². The molecular formula is C19H29F3N4O3+2. The first-order valence-electron chi connectivity index (χ1n) is 9.84. The molecule has 1 heterocycles. The number of quaternary nitrogens is 2. The van der Waals surface area contributed by atoms with Crippen LogP contribution in [0.3, 0.4) is 0 Å². The van der Waals surface area contributed by atoms with Gasteiger partial charge in [-0.05, 0) is 30.7 Å². The molecule has 1 aliphatic heterocycles. The average molecular weight is 418 g/mol. The van der Waals surface area contributed by atoms with Gasteiger partial charge in [0.05, 0.1) is 0 Å². The molecule has 2 rings (SSSR count). The zero-order chi connectivity index (χ0) is 21.3. The van der Waals surface area contributed by atoms with Crippen molar-refractivity contribution in [1.82, 2.24) is 5.32 Å². The molecule has 0 aromatic heterocycles. The SMILES string of the molecule is CCCCNC(=O)C[NH+]1CC[NH+](CC(=O)Nc2ccc(OC(F)(F)F)cc2)CC1. The van der Waals surface area contributed by atoms with Gasteiger partial charge in [-0.1, -0.05) is 13.3 Å². The number of nitrogens with one attached hydrogen (secondary N) is 4. The number of hydrogen-bond acceptors (Lipinski definition) is 3. The Hall–Kier alpha value is -2.33. The lowest BCUT2D eigenvalue weighted by Gasteiger charge is -2.28. The van der Waals surface area contributed by atoms with Gasteiger partial charge in [0.25, 0.3) is 11.8 Å². The normalized spacial score (nSPS) is 19.4. The predicted molar refractivity (Wildman–Crippen MR) is 101 cm³/mol. The Morgan fingerprint density at radius 3 is 2.07 bits per heavy atom. The highest BCUT2D eigenvalue weighted by Gasteiger charge is 2.31. The van der Waals surface area contributed by atoms with E-state index in [1.807, 2.05) is 0 Å². The summed E-state index contributed by atoms with van der Waals surface area (Å²) >= 11 is 0. The summed E-state index contributed by atoms with van der Waals surface area (Å²) in [6, 6.07) is 5.05. The molecule has 1 saturated heterocycles. The van der Waals surface area contributed by atoms with Gasteiger partial charge in [-0.25, -0.2) is 0 Å². The number of piperazine rings is 1. The molecule has 0 atom stereocenters. The largest absolute Gasteiger partial charge is 0.573 e. The summed E-state index contributed by atoms with van der Waals surface area (Å²) in [5.41, 5.74) is 0.414. The fourth-order valence-corrected chi connectivity index (χ4v) is 3.18. The van der Waals surface area contributed by atoms with Crippen LogP contribution in [0, 0.1) is 0 Å². The maximum atomic E-state index is 12.2. The molecule has 0 unspecified atom stereocenters. The van der Waals surface area contributed by atoms with Gasteiger partial charge >= 0.3 is 6.36 Å². The van der Waals surface area contributed by atoms with E-state index in [0.717, 1.165) is 56.1 Å². The van der Waals surface area contributed by atoms with Crippen molar-refractivity contribution in [1.29, 1.82) is 0 Å². The molecule has 29 heavy (non-hydrogen) atoms. The van der Waals surface area contributed by atoms with E-state index in [9.17, 15) is 22.8 Å². The molecule has 4 N–H and O–H groups in total. The van der Waals surface area contributed by atoms with Gasteiger partial charge in [-0.15, -0.1) is 13.2 Å². The van der Waals surface area contributed by atoms with Crippen LogP contribution in [0.5, 0.6) is 5.75 Å². The number of halogens is 3. The topological polar surface area (TPSA) is 76.3 Å². The molecule has 1 aromatic carbocycles. The van der Waals surface area contributed by atoms with E-state index < -0.39 is 6.36 Å². The number of amides is 2. The van der Waals surface area contributed by atoms with Gasteiger partial charge in [0, 0.05) is 12.2 Å². The van der Waals surface area contributed by atoms with Gasteiger partial charge in [-0.3, -0.25) is 9.59 Å². The van der Waals surface area contributed by atoms with Crippen LogP contribution >= 0.6 is 0 Å². The molecule has 162 valence electrons. The van der Waals surface area contributed by atoms with E-state index >= 15 is 0 Å². The minimum Gasteiger partial charge on any atom is -0.406 e. The lowest BCUT2D eigenvalue weighted by Crippen LogP contribution is -3.28. The molecule has 0 bridgehead atoms. The number of ether oxygens (including phenoxy) is 1. The van der Waals surface area contributed by atoms with Gasteiger partial charge in [0.1, 0.15) is 31.9 Å². The van der Waals surface area contributed by atoms with Crippen LogP contribution in [0.4, 0.5) is 18.9 Å². The van der Waals surface area contributed by atoms with Gasteiger partial charge in [0.2, 0.25) is 0 Å². The molecule has 0 spiro atoms.